The number of allylic oxidation sites excluding steroid dienone is 2. The molecule has 0 aromatic rings. The minimum Gasteiger partial charge on any atom is -0.443 e. The Kier molecular flexibility index (Phi) is 7.98. The maximum atomic E-state index is 12.8. The highest BCUT2D eigenvalue weighted by molar-refractivity contribution is 5.98. The highest BCUT2D eigenvalue weighted by atomic mass is 16.6. The summed E-state index contributed by atoms with van der Waals surface area (Å²) in [7, 11) is 0. The molecule has 0 aromatic heterocycles. The Labute approximate surface area is 177 Å². The zero-order valence-corrected chi connectivity index (χ0v) is 18.7. The fraction of sp³-hybridized carbons (Fsp3) is 0.524. The molecule has 1 aliphatic carbocycles. The average Bonchev–Trinajstić information content (AvgIpc) is 2.70. The number of carbonyl (C=O) groups excluding carboxylic acids is 3. The Morgan fingerprint density at radius 1 is 1.17 bits per heavy atom. The fourth-order valence-electron chi connectivity index (χ4n) is 2.41. The van der Waals surface area contributed by atoms with Gasteiger partial charge in [0, 0.05) is 0 Å². The van der Waals surface area contributed by atoms with Gasteiger partial charge in [-0.1, -0.05) is 30.4 Å². The molecular formula is C21H32N4O5. The van der Waals surface area contributed by atoms with Gasteiger partial charge in [0.15, 0.2) is 0 Å². The first-order chi connectivity index (χ1) is 13.6. The Morgan fingerprint density at radius 3 is 2.30 bits per heavy atom. The van der Waals surface area contributed by atoms with E-state index < -0.39 is 28.9 Å². The normalized spacial score (nSPS) is 19.4. The van der Waals surface area contributed by atoms with Crippen LogP contribution >= 0.6 is 0 Å². The van der Waals surface area contributed by atoms with E-state index in [1.807, 2.05) is 0 Å². The summed E-state index contributed by atoms with van der Waals surface area (Å²) in [5.41, 5.74) is 4.30. The molecule has 1 aliphatic rings. The quantitative estimate of drug-likeness (QED) is 0.409. The Hall–Kier alpha value is -3.10. The predicted molar refractivity (Wildman–Crippen MR) is 115 cm³/mol. The van der Waals surface area contributed by atoms with Crippen LogP contribution in [-0.4, -0.2) is 52.7 Å². The zero-order valence-electron chi connectivity index (χ0n) is 18.7. The van der Waals surface area contributed by atoms with Crippen molar-refractivity contribution in [2.75, 3.05) is 6.54 Å². The fourth-order valence-corrected chi connectivity index (χ4v) is 2.41. The van der Waals surface area contributed by atoms with E-state index in [0.717, 1.165) is 4.90 Å². The first-order valence-corrected chi connectivity index (χ1v) is 9.51. The molecule has 0 aromatic carbocycles. The van der Waals surface area contributed by atoms with Gasteiger partial charge in [0.05, 0.1) is 12.1 Å². The molecule has 0 bridgehead atoms. The monoisotopic (exact) mass is 420 g/mol. The number of hydrogen-bond acceptors (Lipinski definition) is 5. The molecule has 3 N–H and O–H groups in total. The molecule has 0 aliphatic heterocycles. The lowest BCUT2D eigenvalue weighted by molar-refractivity contribution is -0.110. The van der Waals surface area contributed by atoms with Crippen molar-refractivity contribution in [3.8, 4) is 0 Å². The summed E-state index contributed by atoms with van der Waals surface area (Å²) in [6, 6.07) is 0. The first kappa shape index (κ1) is 24.9. The molecule has 9 heteroatoms. The number of ether oxygens (including phenoxy) is 2. The molecule has 1 unspecified atom stereocenters. The smallest absolute Gasteiger partial charge is 0.437 e. The van der Waals surface area contributed by atoms with Gasteiger partial charge >= 0.3 is 12.2 Å². The van der Waals surface area contributed by atoms with Gasteiger partial charge in [-0.15, -0.1) is 4.99 Å². The lowest BCUT2D eigenvalue weighted by atomic mass is 9.99. The van der Waals surface area contributed by atoms with Crippen LogP contribution in [0.2, 0.25) is 0 Å². The third kappa shape index (κ3) is 8.93. The SMILES string of the molecule is CC1(NC=O)C=CC=CC(CN(C(=O)OC(C)(C)C)/C(N)=N/C(=O)OC(C)(C)C)=C1. The number of rotatable bonds is 4. The van der Waals surface area contributed by atoms with Crippen molar-refractivity contribution in [3.05, 3.63) is 36.0 Å². The van der Waals surface area contributed by atoms with Gasteiger partial charge in [-0.2, -0.15) is 0 Å². The van der Waals surface area contributed by atoms with E-state index in [9.17, 15) is 14.4 Å². The van der Waals surface area contributed by atoms with Crippen LogP contribution in [0.4, 0.5) is 9.59 Å². The molecular weight excluding hydrogens is 388 g/mol. The van der Waals surface area contributed by atoms with Crippen LogP contribution in [0.5, 0.6) is 0 Å². The van der Waals surface area contributed by atoms with Crippen molar-refractivity contribution in [1.82, 2.24) is 10.2 Å². The van der Waals surface area contributed by atoms with Crippen LogP contribution in [0, 0.1) is 0 Å². The molecule has 1 atom stereocenters. The van der Waals surface area contributed by atoms with Gasteiger partial charge in [0.25, 0.3) is 0 Å². The second kappa shape index (κ2) is 9.60. The predicted octanol–water partition coefficient (Wildman–Crippen LogP) is 3.03. The van der Waals surface area contributed by atoms with E-state index >= 15 is 0 Å². The number of nitrogens with two attached hydrogens (primary N) is 1. The Bertz CT molecular complexity index is 784. The number of carbonyl (C=O) groups is 3. The van der Waals surface area contributed by atoms with E-state index in [2.05, 4.69) is 10.3 Å². The highest BCUT2D eigenvalue weighted by Crippen LogP contribution is 2.18. The number of aliphatic imine (C=N–C) groups is 1. The third-order valence-corrected chi connectivity index (χ3v) is 3.55. The number of nitrogens with one attached hydrogen (secondary N) is 1. The average molecular weight is 421 g/mol. The number of guanidine groups is 1. The lowest BCUT2D eigenvalue weighted by Gasteiger charge is -2.28. The van der Waals surface area contributed by atoms with Crippen molar-refractivity contribution < 1.29 is 23.9 Å². The summed E-state index contributed by atoms with van der Waals surface area (Å²) in [4.78, 5) is 40.5. The van der Waals surface area contributed by atoms with Crippen molar-refractivity contribution >= 4 is 24.6 Å². The van der Waals surface area contributed by atoms with Gasteiger partial charge in [-0.25, -0.2) is 14.5 Å². The summed E-state index contributed by atoms with van der Waals surface area (Å²) in [5, 5.41) is 2.70. The third-order valence-electron chi connectivity index (χ3n) is 3.55. The molecule has 0 radical (unpaired) electrons. The van der Waals surface area contributed by atoms with E-state index in [1.54, 1.807) is 78.8 Å². The van der Waals surface area contributed by atoms with Crippen LogP contribution in [0.1, 0.15) is 48.5 Å². The Morgan fingerprint density at radius 2 is 1.77 bits per heavy atom. The molecule has 30 heavy (non-hydrogen) atoms. The maximum Gasteiger partial charge on any atom is 0.437 e. The molecule has 0 fully saturated rings. The molecule has 0 saturated heterocycles. The number of hydrogen-bond donors (Lipinski definition) is 2. The van der Waals surface area contributed by atoms with Crippen molar-refractivity contribution in [3.63, 3.8) is 0 Å². The zero-order chi connectivity index (χ0) is 23.2. The van der Waals surface area contributed by atoms with E-state index in [1.165, 1.54) is 0 Å². The summed E-state index contributed by atoms with van der Waals surface area (Å²) < 4.78 is 10.6. The van der Waals surface area contributed by atoms with Crippen molar-refractivity contribution in [2.45, 2.75) is 65.2 Å². The summed E-state index contributed by atoms with van der Waals surface area (Å²) in [5.74, 6) is -0.366. The molecule has 0 saturated carbocycles. The van der Waals surface area contributed by atoms with Crippen LogP contribution < -0.4 is 11.1 Å². The van der Waals surface area contributed by atoms with Gasteiger partial charge < -0.3 is 20.5 Å². The summed E-state index contributed by atoms with van der Waals surface area (Å²) in [6.07, 6.45) is 7.74. The topological polar surface area (TPSA) is 123 Å². The summed E-state index contributed by atoms with van der Waals surface area (Å²) >= 11 is 0. The van der Waals surface area contributed by atoms with Gasteiger partial charge in [0.1, 0.15) is 11.2 Å². The first-order valence-electron chi connectivity index (χ1n) is 9.51. The van der Waals surface area contributed by atoms with Crippen LogP contribution in [0.3, 0.4) is 0 Å². The van der Waals surface area contributed by atoms with Crippen molar-refractivity contribution in [2.24, 2.45) is 10.7 Å². The van der Waals surface area contributed by atoms with Crippen molar-refractivity contribution in [1.29, 1.82) is 0 Å². The van der Waals surface area contributed by atoms with E-state index in [0.29, 0.717) is 12.0 Å². The second-order valence-corrected chi connectivity index (χ2v) is 9.00. The van der Waals surface area contributed by atoms with Crippen LogP contribution in [0.25, 0.3) is 0 Å². The largest absolute Gasteiger partial charge is 0.443 e. The standard InChI is InChI=1S/C21H32N4O5/c1-19(2,3)29-17(27)24-16(22)25(18(28)30-20(4,5)6)13-15-10-8-9-11-21(7,12-15)23-14-26/h8-12,14H,13H2,1-7H3,(H,23,26)(H2,22,24,27). The second-order valence-electron chi connectivity index (χ2n) is 9.00. The van der Waals surface area contributed by atoms with Gasteiger partial charge in [-0.05, 0) is 54.0 Å². The molecule has 9 nitrogen and oxygen atoms in total. The van der Waals surface area contributed by atoms with E-state index in [-0.39, 0.29) is 12.5 Å². The van der Waals surface area contributed by atoms with Crippen LogP contribution in [0.15, 0.2) is 40.9 Å². The van der Waals surface area contributed by atoms with Gasteiger partial charge in [0.2, 0.25) is 12.4 Å². The molecule has 0 heterocycles. The minimum atomic E-state index is -0.923. The summed E-state index contributed by atoms with van der Waals surface area (Å²) in [6.45, 7) is 12.0. The number of nitrogens with zero attached hydrogens (tertiary/aromatic N) is 2. The number of amides is 3. The molecule has 1 rings (SSSR count). The highest BCUT2D eigenvalue weighted by Gasteiger charge is 2.28. The minimum absolute atomic E-state index is 0.0403. The lowest BCUT2D eigenvalue weighted by Crippen LogP contribution is -2.46. The molecule has 166 valence electrons. The molecule has 0 spiro atoms. The Balaban J connectivity index is 3.24. The van der Waals surface area contributed by atoms with Gasteiger partial charge in [-0.3, -0.25) is 4.79 Å². The molecule has 3 amide bonds. The van der Waals surface area contributed by atoms with Crippen LogP contribution in [-0.2, 0) is 14.3 Å². The maximum absolute atomic E-state index is 12.8. The van der Waals surface area contributed by atoms with E-state index in [4.69, 9.17) is 15.2 Å².